The summed E-state index contributed by atoms with van der Waals surface area (Å²) in [4.78, 5) is 0.0329. The molecular weight excluding hydrogens is 281 g/mol. The maximum Gasteiger partial charge on any atom is 0.238 e. The molecule has 0 aliphatic rings. The highest BCUT2D eigenvalue weighted by molar-refractivity contribution is 7.89. The first-order chi connectivity index (χ1) is 9.45. The van der Waals surface area contributed by atoms with Gasteiger partial charge in [-0.3, -0.25) is 5.43 Å². The highest BCUT2D eigenvalue weighted by Gasteiger charge is 2.05. The van der Waals surface area contributed by atoms with Gasteiger partial charge in [0.05, 0.1) is 16.8 Å². The van der Waals surface area contributed by atoms with Crippen LogP contribution in [-0.2, 0) is 10.0 Å². The third-order valence-corrected chi connectivity index (χ3v) is 3.39. The fourth-order valence-corrected chi connectivity index (χ4v) is 1.96. The first kappa shape index (κ1) is 14.2. The van der Waals surface area contributed by atoms with Crippen molar-refractivity contribution in [1.29, 1.82) is 0 Å². The van der Waals surface area contributed by atoms with Crippen molar-refractivity contribution in [2.24, 2.45) is 10.2 Å². The Bertz CT molecular complexity index is 710. The Balaban J connectivity index is 2.02. The van der Waals surface area contributed by atoms with E-state index < -0.39 is 10.0 Å². The number of halogens is 1. The summed E-state index contributed by atoms with van der Waals surface area (Å²) in [5.41, 5.74) is 4.07. The number of hydrazone groups is 1. The van der Waals surface area contributed by atoms with Gasteiger partial charge in [0, 0.05) is 0 Å². The minimum atomic E-state index is -3.69. The molecule has 0 bridgehead atoms. The molecule has 0 heterocycles. The monoisotopic (exact) mass is 293 g/mol. The zero-order valence-electron chi connectivity index (χ0n) is 10.3. The highest BCUT2D eigenvalue weighted by atomic mass is 32.2. The van der Waals surface area contributed by atoms with Gasteiger partial charge in [-0.1, -0.05) is 12.1 Å². The molecule has 5 nitrogen and oxygen atoms in total. The third-order valence-electron chi connectivity index (χ3n) is 2.46. The Labute approximate surface area is 116 Å². The van der Waals surface area contributed by atoms with Gasteiger partial charge in [0.25, 0.3) is 0 Å². The molecule has 2 aromatic rings. The van der Waals surface area contributed by atoms with Gasteiger partial charge >= 0.3 is 0 Å². The summed E-state index contributed by atoms with van der Waals surface area (Å²) in [7, 11) is -3.69. The second kappa shape index (κ2) is 5.81. The second-order valence-corrected chi connectivity index (χ2v) is 5.55. The van der Waals surface area contributed by atoms with Gasteiger partial charge in [-0.05, 0) is 42.0 Å². The van der Waals surface area contributed by atoms with E-state index in [0.717, 1.165) is 5.56 Å². The van der Waals surface area contributed by atoms with Crippen LogP contribution >= 0.6 is 0 Å². The summed E-state index contributed by atoms with van der Waals surface area (Å²) in [5.74, 6) is -0.311. The molecule has 0 fully saturated rings. The highest BCUT2D eigenvalue weighted by Crippen LogP contribution is 2.12. The summed E-state index contributed by atoms with van der Waals surface area (Å²) in [5, 5.41) is 8.94. The smallest absolute Gasteiger partial charge is 0.238 e. The van der Waals surface area contributed by atoms with E-state index in [4.69, 9.17) is 5.14 Å². The minimum absolute atomic E-state index is 0.0329. The molecular formula is C13H12FN3O2S. The zero-order chi connectivity index (χ0) is 14.6. The van der Waals surface area contributed by atoms with Crippen molar-refractivity contribution in [2.75, 3.05) is 5.43 Å². The minimum Gasteiger partial charge on any atom is -0.279 e. The van der Waals surface area contributed by atoms with Crippen molar-refractivity contribution in [3.8, 4) is 0 Å². The Hall–Kier alpha value is -2.25. The lowest BCUT2D eigenvalue weighted by Crippen LogP contribution is -2.11. The normalized spacial score (nSPS) is 11.7. The van der Waals surface area contributed by atoms with Gasteiger partial charge in [0.1, 0.15) is 5.82 Å². The van der Waals surface area contributed by atoms with Crippen LogP contribution in [0.1, 0.15) is 5.56 Å². The van der Waals surface area contributed by atoms with Crippen LogP contribution in [0.25, 0.3) is 0 Å². The van der Waals surface area contributed by atoms with Crippen molar-refractivity contribution in [1.82, 2.24) is 0 Å². The fraction of sp³-hybridized carbons (Fsp3) is 0. The van der Waals surface area contributed by atoms with E-state index >= 15 is 0 Å². The molecule has 0 aliphatic carbocycles. The van der Waals surface area contributed by atoms with E-state index in [1.54, 1.807) is 24.3 Å². The predicted molar refractivity (Wildman–Crippen MR) is 75.4 cm³/mol. The summed E-state index contributed by atoms with van der Waals surface area (Å²) >= 11 is 0. The summed E-state index contributed by atoms with van der Waals surface area (Å²) in [6.45, 7) is 0. The van der Waals surface area contributed by atoms with Gasteiger partial charge in [0.2, 0.25) is 10.0 Å². The Morgan fingerprint density at radius 3 is 2.20 bits per heavy atom. The van der Waals surface area contributed by atoms with E-state index in [9.17, 15) is 12.8 Å². The zero-order valence-corrected chi connectivity index (χ0v) is 11.1. The van der Waals surface area contributed by atoms with Gasteiger partial charge in [-0.15, -0.1) is 0 Å². The summed E-state index contributed by atoms with van der Waals surface area (Å²) in [6.07, 6.45) is 1.52. The lowest BCUT2D eigenvalue weighted by molar-refractivity contribution is 0.598. The molecule has 0 spiro atoms. The molecule has 2 rings (SSSR count). The number of hydrogen-bond acceptors (Lipinski definition) is 4. The first-order valence-electron chi connectivity index (χ1n) is 5.63. The predicted octanol–water partition coefficient (Wildman–Crippen LogP) is 1.92. The molecule has 0 atom stereocenters. The van der Waals surface area contributed by atoms with E-state index in [1.165, 1.54) is 30.5 Å². The average molecular weight is 293 g/mol. The maximum atomic E-state index is 12.7. The molecule has 0 aromatic heterocycles. The molecule has 0 saturated heterocycles. The molecule has 7 heteroatoms. The standard InChI is InChI=1S/C13H12FN3O2S/c14-11-3-1-10(2-4-11)9-16-17-12-5-7-13(8-6-12)20(15,18)19/h1-9,17H,(H2,15,18,19)/b16-9+. The second-order valence-electron chi connectivity index (χ2n) is 3.99. The van der Waals surface area contributed by atoms with Crippen LogP contribution in [0.4, 0.5) is 10.1 Å². The molecule has 0 amide bonds. The number of anilines is 1. The lowest BCUT2D eigenvalue weighted by atomic mass is 10.2. The van der Waals surface area contributed by atoms with Gasteiger partial charge in [-0.2, -0.15) is 5.10 Å². The number of nitrogens with zero attached hydrogens (tertiary/aromatic N) is 1. The Morgan fingerprint density at radius 1 is 1.05 bits per heavy atom. The van der Waals surface area contributed by atoms with Crippen LogP contribution < -0.4 is 10.6 Å². The molecule has 0 aliphatic heterocycles. The lowest BCUT2D eigenvalue weighted by Gasteiger charge is -2.01. The summed E-state index contributed by atoms with van der Waals surface area (Å²) in [6, 6.07) is 11.7. The third kappa shape index (κ3) is 3.87. The van der Waals surface area contributed by atoms with E-state index in [-0.39, 0.29) is 10.7 Å². The van der Waals surface area contributed by atoms with Crippen LogP contribution in [0, 0.1) is 5.82 Å². The quantitative estimate of drug-likeness (QED) is 0.667. The number of benzene rings is 2. The number of nitrogens with two attached hydrogens (primary N) is 1. The van der Waals surface area contributed by atoms with E-state index in [2.05, 4.69) is 10.5 Å². The molecule has 20 heavy (non-hydrogen) atoms. The molecule has 104 valence electrons. The number of hydrogen-bond donors (Lipinski definition) is 2. The van der Waals surface area contributed by atoms with Crippen molar-refractivity contribution < 1.29 is 12.8 Å². The number of rotatable bonds is 4. The topological polar surface area (TPSA) is 84.5 Å². The van der Waals surface area contributed by atoms with Crippen molar-refractivity contribution in [3.63, 3.8) is 0 Å². The van der Waals surface area contributed by atoms with Crippen molar-refractivity contribution >= 4 is 21.9 Å². The largest absolute Gasteiger partial charge is 0.279 e. The summed E-state index contributed by atoms with van der Waals surface area (Å²) < 4.78 is 34.8. The molecule has 2 aromatic carbocycles. The van der Waals surface area contributed by atoms with E-state index in [0.29, 0.717) is 5.69 Å². The Morgan fingerprint density at radius 2 is 1.65 bits per heavy atom. The fourth-order valence-electron chi connectivity index (χ4n) is 1.45. The molecule has 0 radical (unpaired) electrons. The van der Waals surface area contributed by atoms with Crippen molar-refractivity contribution in [3.05, 3.63) is 59.9 Å². The molecule has 3 N–H and O–H groups in total. The van der Waals surface area contributed by atoms with Crippen LogP contribution in [0.15, 0.2) is 58.5 Å². The van der Waals surface area contributed by atoms with E-state index in [1.807, 2.05) is 0 Å². The number of sulfonamides is 1. The van der Waals surface area contributed by atoms with Crippen LogP contribution in [0.3, 0.4) is 0 Å². The Kier molecular flexibility index (Phi) is 4.11. The number of primary sulfonamides is 1. The first-order valence-corrected chi connectivity index (χ1v) is 7.17. The van der Waals surface area contributed by atoms with Crippen LogP contribution in [-0.4, -0.2) is 14.6 Å². The van der Waals surface area contributed by atoms with Crippen molar-refractivity contribution in [2.45, 2.75) is 4.90 Å². The SMILES string of the molecule is NS(=O)(=O)c1ccc(N/N=C/c2ccc(F)cc2)cc1. The van der Waals surface area contributed by atoms with Crippen LogP contribution in [0.2, 0.25) is 0 Å². The van der Waals surface area contributed by atoms with Gasteiger partial charge in [-0.25, -0.2) is 17.9 Å². The van der Waals surface area contributed by atoms with Gasteiger partial charge in [0.15, 0.2) is 0 Å². The van der Waals surface area contributed by atoms with Gasteiger partial charge < -0.3 is 0 Å². The maximum absolute atomic E-state index is 12.7. The molecule has 0 saturated carbocycles. The molecule has 0 unspecified atom stereocenters. The van der Waals surface area contributed by atoms with Crippen LogP contribution in [0.5, 0.6) is 0 Å². The average Bonchev–Trinajstić information content (AvgIpc) is 2.41. The number of nitrogens with one attached hydrogen (secondary N) is 1.